The van der Waals surface area contributed by atoms with Crippen LogP contribution < -0.4 is 5.32 Å². The minimum atomic E-state index is -0.893. The summed E-state index contributed by atoms with van der Waals surface area (Å²) in [6, 6.07) is -0.564. The van der Waals surface area contributed by atoms with Gasteiger partial charge in [0, 0.05) is 26.1 Å². The third-order valence-corrected chi connectivity index (χ3v) is 2.39. The number of nitrogens with zero attached hydrogens (tertiary/aromatic N) is 1. The molecule has 0 bridgehead atoms. The van der Waals surface area contributed by atoms with Crippen LogP contribution in [0, 0.1) is 0 Å². The molecule has 104 valence electrons. The van der Waals surface area contributed by atoms with Gasteiger partial charge in [0.05, 0.1) is 13.5 Å². The fourth-order valence-electron chi connectivity index (χ4n) is 1.20. The Morgan fingerprint density at radius 2 is 1.94 bits per heavy atom. The molecule has 2 amide bonds. The number of ether oxygens (including phenoxy) is 1. The van der Waals surface area contributed by atoms with Crippen molar-refractivity contribution >= 4 is 18.0 Å². The van der Waals surface area contributed by atoms with Gasteiger partial charge >= 0.3 is 18.0 Å². The number of rotatable bonds is 7. The highest BCUT2D eigenvalue weighted by Crippen LogP contribution is 1.98. The Labute approximate surface area is 106 Å². The monoisotopic (exact) mass is 260 g/mol. The number of urea groups is 1. The van der Waals surface area contributed by atoms with Crippen LogP contribution in [0.4, 0.5) is 4.79 Å². The van der Waals surface area contributed by atoms with Crippen LogP contribution in [-0.2, 0) is 14.3 Å². The van der Waals surface area contributed by atoms with E-state index in [1.807, 2.05) is 0 Å². The summed E-state index contributed by atoms with van der Waals surface area (Å²) in [6.07, 6.45) is 0.503. The molecule has 0 aliphatic heterocycles. The van der Waals surface area contributed by atoms with Gasteiger partial charge in [0.2, 0.25) is 0 Å². The van der Waals surface area contributed by atoms with Gasteiger partial charge in [-0.3, -0.25) is 9.59 Å². The maximum atomic E-state index is 11.6. The Bertz CT molecular complexity index is 306. The lowest BCUT2D eigenvalue weighted by Gasteiger charge is -2.20. The third kappa shape index (κ3) is 7.48. The molecular weight excluding hydrogens is 240 g/mol. The van der Waals surface area contributed by atoms with E-state index in [0.717, 1.165) is 0 Å². The van der Waals surface area contributed by atoms with Gasteiger partial charge < -0.3 is 20.1 Å². The molecule has 0 radical (unpaired) electrons. The number of hydrogen-bond donors (Lipinski definition) is 2. The molecule has 0 heterocycles. The smallest absolute Gasteiger partial charge is 0.317 e. The van der Waals surface area contributed by atoms with Crippen LogP contribution in [0.1, 0.15) is 26.2 Å². The molecule has 1 unspecified atom stereocenters. The fourth-order valence-corrected chi connectivity index (χ4v) is 1.20. The van der Waals surface area contributed by atoms with Crippen molar-refractivity contribution < 1.29 is 24.2 Å². The second kappa shape index (κ2) is 8.32. The van der Waals surface area contributed by atoms with Gasteiger partial charge in [-0.2, -0.15) is 0 Å². The molecule has 7 nitrogen and oxygen atoms in total. The minimum Gasteiger partial charge on any atom is -0.481 e. The number of carbonyl (C=O) groups excluding carboxylic acids is 2. The van der Waals surface area contributed by atoms with Gasteiger partial charge in [-0.1, -0.05) is 0 Å². The summed E-state index contributed by atoms with van der Waals surface area (Å²) in [6.45, 7) is 1.99. The molecule has 0 saturated heterocycles. The van der Waals surface area contributed by atoms with Crippen molar-refractivity contribution in [1.29, 1.82) is 0 Å². The largest absolute Gasteiger partial charge is 0.481 e. The number of amides is 2. The van der Waals surface area contributed by atoms with Crippen molar-refractivity contribution in [3.8, 4) is 0 Å². The van der Waals surface area contributed by atoms with E-state index in [-0.39, 0.29) is 37.4 Å². The fraction of sp³-hybridized carbons (Fsp3) is 0.727. The van der Waals surface area contributed by atoms with E-state index in [1.165, 1.54) is 12.0 Å². The minimum absolute atomic E-state index is 0.00726. The summed E-state index contributed by atoms with van der Waals surface area (Å²) >= 11 is 0. The molecule has 0 fully saturated rings. The summed E-state index contributed by atoms with van der Waals surface area (Å²) in [5, 5.41) is 11.2. The first-order valence-electron chi connectivity index (χ1n) is 5.67. The molecule has 7 heteroatoms. The van der Waals surface area contributed by atoms with Crippen LogP contribution >= 0.6 is 0 Å². The normalized spacial score (nSPS) is 11.5. The van der Waals surface area contributed by atoms with Gasteiger partial charge in [0.1, 0.15) is 0 Å². The zero-order valence-electron chi connectivity index (χ0n) is 10.9. The first-order valence-corrected chi connectivity index (χ1v) is 5.67. The van der Waals surface area contributed by atoms with E-state index in [1.54, 1.807) is 14.0 Å². The highest BCUT2D eigenvalue weighted by Gasteiger charge is 2.13. The summed E-state index contributed by atoms with van der Waals surface area (Å²) in [7, 11) is 2.85. The highest BCUT2D eigenvalue weighted by molar-refractivity contribution is 5.75. The van der Waals surface area contributed by atoms with Crippen LogP contribution in [0.2, 0.25) is 0 Å². The zero-order valence-corrected chi connectivity index (χ0v) is 10.9. The first-order chi connectivity index (χ1) is 8.36. The summed E-state index contributed by atoms with van der Waals surface area (Å²) < 4.78 is 4.46. The van der Waals surface area contributed by atoms with Crippen LogP contribution in [0.15, 0.2) is 0 Å². The SMILES string of the molecule is COC(=O)CCN(C)C(=O)NC(C)CCC(=O)O. The molecule has 0 saturated carbocycles. The van der Waals surface area contributed by atoms with Crippen molar-refractivity contribution in [3.63, 3.8) is 0 Å². The molecule has 0 spiro atoms. The van der Waals surface area contributed by atoms with Gasteiger partial charge in [0.15, 0.2) is 0 Å². The molecule has 18 heavy (non-hydrogen) atoms. The average molecular weight is 260 g/mol. The number of carboxylic acids is 1. The van der Waals surface area contributed by atoms with Crippen molar-refractivity contribution in [1.82, 2.24) is 10.2 Å². The third-order valence-electron chi connectivity index (χ3n) is 2.39. The molecule has 0 aromatic carbocycles. The van der Waals surface area contributed by atoms with E-state index < -0.39 is 5.97 Å². The predicted molar refractivity (Wildman–Crippen MR) is 64.1 cm³/mol. The van der Waals surface area contributed by atoms with Crippen molar-refractivity contribution in [2.45, 2.75) is 32.2 Å². The summed E-state index contributed by atoms with van der Waals surface area (Å²) in [5.74, 6) is -1.27. The van der Waals surface area contributed by atoms with E-state index >= 15 is 0 Å². The Hall–Kier alpha value is -1.79. The molecular formula is C11H20N2O5. The number of nitrogens with one attached hydrogen (secondary N) is 1. The maximum Gasteiger partial charge on any atom is 0.317 e. The second-order valence-corrected chi connectivity index (χ2v) is 4.03. The summed E-state index contributed by atoms with van der Waals surface area (Å²) in [4.78, 5) is 34.2. The summed E-state index contributed by atoms with van der Waals surface area (Å²) in [5.41, 5.74) is 0. The lowest BCUT2D eigenvalue weighted by Crippen LogP contribution is -2.42. The molecule has 0 aliphatic rings. The van der Waals surface area contributed by atoms with Crippen molar-refractivity contribution in [3.05, 3.63) is 0 Å². The predicted octanol–water partition coefficient (Wildman–Crippen LogP) is 0.444. The Balaban J connectivity index is 3.92. The molecule has 1 atom stereocenters. The maximum absolute atomic E-state index is 11.6. The molecule has 0 aromatic rings. The average Bonchev–Trinajstić information content (AvgIpc) is 2.32. The van der Waals surface area contributed by atoms with Gasteiger partial charge in [-0.05, 0) is 13.3 Å². The van der Waals surface area contributed by atoms with Crippen LogP contribution in [0.5, 0.6) is 0 Å². The number of esters is 1. The topological polar surface area (TPSA) is 95.9 Å². The van der Waals surface area contributed by atoms with E-state index in [0.29, 0.717) is 6.42 Å². The van der Waals surface area contributed by atoms with Crippen LogP contribution in [0.3, 0.4) is 0 Å². The lowest BCUT2D eigenvalue weighted by molar-refractivity contribution is -0.141. The number of carboxylic acid groups (broad SMARTS) is 1. The van der Waals surface area contributed by atoms with Crippen LogP contribution in [-0.4, -0.2) is 54.7 Å². The molecule has 0 aliphatic carbocycles. The molecule has 0 aromatic heterocycles. The number of methoxy groups -OCH3 is 1. The van der Waals surface area contributed by atoms with Gasteiger partial charge in [-0.25, -0.2) is 4.79 Å². The number of carbonyl (C=O) groups is 3. The Morgan fingerprint density at radius 1 is 1.33 bits per heavy atom. The Kier molecular flexibility index (Phi) is 7.50. The number of hydrogen-bond acceptors (Lipinski definition) is 4. The van der Waals surface area contributed by atoms with Crippen molar-refractivity contribution in [2.75, 3.05) is 20.7 Å². The van der Waals surface area contributed by atoms with E-state index in [9.17, 15) is 14.4 Å². The quantitative estimate of drug-likeness (QED) is 0.648. The van der Waals surface area contributed by atoms with E-state index in [4.69, 9.17) is 5.11 Å². The first kappa shape index (κ1) is 16.2. The standard InChI is InChI=1S/C11H20N2O5/c1-8(4-5-9(14)15)12-11(17)13(2)7-6-10(16)18-3/h8H,4-7H2,1-3H3,(H,12,17)(H,14,15). The van der Waals surface area contributed by atoms with Crippen molar-refractivity contribution in [2.24, 2.45) is 0 Å². The highest BCUT2D eigenvalue weighted by atomic mass is 16.5. The molecule has 2 N–H and O–H groups in total. The molecule has 0 rings (SSSR count). The lowest BCUT2D eigenvalue weighted by atomic mass is 10.2. The van der Waals surface area contributed by atoms with Gasteiger partial charge in [-0.15, -0.1) is 0 Å². The van der Waals surface area contributed by atoms with Crippen LogP contribution in [0.25, 0.3) is 0 Å². The second-order valence-electron chi connectivity index (χ2n) is 4.03. The van der Waals surface area contributed by atoms with E-state index in [2.05, 4.69) is 10.1 Å². The number of aliphatic carboxylic acids is 1. The zero-order chi connectivity index (χ0) is 14.1. The Morgan fingerprint density at radius 3 is 2.44 bits per heavy atom. The van der Waals surface area contributed by atoms with Gasteiger partial charge in [0.25, 0.3) is 0 Å².